The lowest BCUT2D eigenvalue weighted by atomic mass is 9.85. The molecule has 2 bridgehead atoms. The van der Waals surface area contributed by atoms with E-state index in [0.29, 0.717) is 0 Å². The van der Waals surface area contributed by atoms with Crippen LogP contribution in [0.3, 0.4) is 0 Å². The Balaban J connectivity index is 1.71. The van der Waals surface area contributed by atoms with Gasteiger partial charge in [-0.2, -0.15) is 0 Å². The van der Waals surface area contributed by atoms with Crippen LogP contribution in [0.1, 0.15) is 34.1 Å². The lowest BCUT2D eigenvalue weighted by Crippen LogP contribution is -2.48. The second kappa shape index (κ2) is 5.18. The fraction of sp³-hybridized carbons (Fsp3) is 0.722. The number of carbonyl (C=O) groups is 3. The van der Waals surface area contributed by atoms with Gasteiger partial charge >= 0.3 is 0 Å². The molecule has 0 N–H and O–H groups in total. The minimum atomic E-state index is -0.226. The van der Waals surface area contributed by atoms with Crippen LogP contribution in [0.25, 0.3) is 0 Å². The van der Waals surface area contributed by atoms with Crippen molar-refractivity contribution in [3.8, 4) is 0 Å². The first kappa shape index (κ1) is 16.2. The lowest BCUT2D eigenvalue weighted by molar-refractivity contribution is -0.148. The summed E-state index contributed by atoms with van der Waals surface area (Å²) >= 11 is 0. The molecule has 3 aliphatic rings. The number of nitrogens with zero attached hydrogens (tertiary/aromatic N) is 2. The first-order valence-electron chi connectivity index (χ1n) is 8.42. The van der Waals surface area contributed by atoms with E-state index in [-0.39, 0.29) is 59.4 Å². The van der Waals surface area contributed by atoms with Crippen molar-refractivity contribution >= 4 is 17.7 Å². The molecule has 0 aromatic rings. The van der Waals surface area contributed by atoms with Crippen molar-refractivity contribution in [1.29, 1.82) is 0 Å². The van der Waals surface area contributed by atoms with Crippen LogP contribution in [0.4, 0.5) is 0 Å². The minimum Gasteiger partial charge on any atom is -0.341 e. The molecule has 0 aromatic heterocycles. The van der Waals surface area contributed by atoms with Gasteiger partial charge in [0.05, 0.1) is 11.8 Å². The second-order valence-electron chi connectivity index (χ2n) is 8.31. The Hall–Kier alpha value is -1.65. The van der Waals surface area contributed by atoms with Gasteiger partial charge in [0.15, 0.2) is 0 Å². The Morgan fingerprint density at radius 3 is 2.13 bits per heavy atom. The fourth-order valence-electron chi connectivity index (χ4n) is 4.16. The Morgan fingerprint density at radius 1 is 1.22 bits per heavy atom. The van der Waals surface area contributed by atoms with Gasteiger partial charge in [-0.05, 0) is 30.6 Å². The van der Waals surface area contributed by atoms with E-state index >= 15 is 0 Å². The number of amides is 3. The highest BCUT2D eigenvalue weighted by molar-refractivity contribution is 6.08. The number of rotatable bonds is 3. The fourth-order valence-corrected chi connectivity index (χ4v) is 4.16. The molecule has 3 amide bonds. The van der Waals surface area contributed by atoms with Crippen LogP contribution in [-0.4, -0.2) is 47.2 Å². The zero-order valence-corrected chi connectivity index (χ0v) is 14.6. The van der Waals surface area contributed by atoms with Gasteiger partial charge in [0, 0.05) is 13.1 Å². The van der Waals surface area contributed by atoms with Gasteiger partial charge in [0.2, 0.25) is 17.7 Å². The van der Waals surface area contributed by atoms with Crippen molar-refractivity contribution in [2.24, 2.45) is 29.1 Å². The predicted octanol–water partition coefficient (Wildman–Crippen LogP) is 1.69. The summed E-state index contributed by atoms with van der Waals surface area (Å²) in [4.78, 5) is 40.6. The molecular weight excluding hydrogens is 292 g/mol. The Morgan fingerprint density at radius 2 is 1.70 bits per heavy atom. The van der Waals surface area contributed by atoms with Crippen LogP contribution in [0.5, 0.6) is 0 Å². The normalized spacial score (nSPS) is 33.3. The Kier molecular flexibility index (Phi) is 3.65. The summed E-state index contributed by atoms with van der Waals surface area (Å²) in [6.45, 7) is 8.08. The molecule has 3 rings (SSSR count). The van der Waals surface area contributed by atoms with Crippen molar-refractivity contribution in [1.82, 2.24) is 9.80 Å². The first-order valence-corrected chi connectivity index (χ1v) is 8.42. The van der Waals surface area contributed by atoms with E-state index in [1.165, 1.54) is 4.90 Å². The van der Waals surface area contributed by atoms with Gasteiger partial charge in [0.25, 0.3) is 0 Å². The third-order valence-electron chi connectivity index (χ3n) is 6.08. The average molecular weight is 318 g/mol. The van der Waals surface area contributed by atoms with E-state index in [2.05, 4.69) is 32.9 Å². The van der Waals surface area contributed by atoms with Crippen molar-refractivity contribution in [3.63, 3.8) is 0 Å². The number of hydrogen-bond donors (Lipinski definition) is 0. The number of carbonyl (C=O) groups excluding carboxylic acids is 3. The Labute approximate surface area is 137 Å². The van der Waals surface area contributed by atoms with Gasteiger partial charge in [-0.15, -0.1) is 0 Å². The monoisotopic (exact) mass is 318 g/mol. The SMILES string of the molecule is C[C@H](N(C)C(=O)CN1C(=O)[C@H]2[C@H](C1=O)[C@H]1C=C[C@H]2C1)C(C)(C)C. The van der Waals surface area contributed by atoms with Crippen LogP contribution in [0.15, 0.2) is 12.2 Å². The molecular formula is C18H26N2O3. The maximum absolute atomic E-state index is 12.6. The highest BCUT2D eigenvalue weighted by Gasteiger charge is 2.59. The highest BCUT2D eigenvalue weighted by Crippen LogP contribution is 2.52. The standard InChI is InChI=1S/C18H26N2O3/c1-10(18(2,3)4)19(5)13(21)9-20-16(22)14-11-6-7-12(8-11)15(14)17(20)23/h6-7,10-12,14-15H,8-9H2,1-5H3/t10-,11-,12-,14+,15+/m0/s1. The largest absolute Gasteiger partial charge is 0.341 e. The second-order valence-corrected chi connectivity index (χ2v) is 8.31. The lowest BCUT2D eigenvalue weighted by Gasteiger charge is -2.36. The number of hydrogen-bond acceptors (Lipinski definition) is 3. The third-order valence-corrected chi connectivity index (χ3v) is 6.08. The van der Waals surface area contributed by atoms with Crippen LogP contribution < -0.4 is 0 Å². The predicted molar refractivity (Wildman–Crippen MR) is 86.1 cm³/mol. The van der Waals surface area contributed by atoms with E-state index in [4.69, 9.17) is 0 Å². The number of allylic oxidation sites excluding steroid dienone is 2. The molecule has 1 saturated carbocycles. The summed E-state index contributed by atoms with van der Waals surface area (Å²) in [5.41, 5.74) is -0.0526. The summed E-state index contributed by atoms with van der Waals surface area (Å²) in [7, 11) is 1.75. The molecule has 2 fully saturated rings. The molecule has 0 spiro atoms. The van der Waals surface area contributed by atoms with Gasteiger partial charge in [-0.25, -0.2) is 0 Å². The number of likely N-dealkylation sites (tertiary alicyclic amines) is 1. The van der Waals surface area contributed by atoms with Crippen LogP contribution in [0, 0.1) is 29.1 Å². The molecule has 5 heteroatoms. The van der Waals surface area contributed by atoms with Gasteiger partial charge < -0.3 is 4.90 Å². The van der Waals surface area contributed by atoms with E-state index in [9.17, 15) is 14.4 Å². The van der Waals surface area contributed by atoms with Crippen LogP contribution in [0.2, 0.25) is 0 Å². The van der Waals surface area contributed by atoms with E-state index in [1.54, 1.807) is 11.9 Å². The quantitative estimate of drug-likeness (QED) is 0.588. The van der Waals surface area contributed by atoms with E-state index in [1.807, 2.05) is 6.92 Å². The molecule has 0 aromatic carbocycles. The molecule has 126 valence electrons. The topological polar surface area (TPSA) is 57.7 Å². The molecule has 0 unspecified atom stereocenters. The Bertz CT molecular complexity index is 560. The highest BCUT2D eigenvalue weighted by atomic mass is 16.2. The number of imide groups is 1. The van der Waals surface area contributed by atoms with Gasteiger partial charge in [-0.1, -0.05) is 32.9 Å². The summed E-state index contributed by atoms with van der Waals surface area (Å²) in [6, 6.07) is 0.0279. The van der Waals surface area contributed by atoms with Crippen molar-refractivity contribution in [2.45, 2.75) is 40.2 Å². The number of fused-ring (bicyclic) bond motifs is 5. The third kappa shape index (κ3) is 2.41. The zero-order valence-electron chi connectivity index (χ0n) is 14.6. The first-order chi connectivity index (χ1) is 10.6. The summed E-state index contributed by atoms with van der Waals surface area (Å²) < 4.78 is 0. The minimum absolute atomic E-state index is 0.0279. The molecule has 23 heavy (non-hydrogen) atoms. The summed E-state index contributed by atoms with van der Waals surface area (Å²) in [5.74, 6) is -0.551. The smallest absolute Gasteiger partial charge is 0.242 e. The molecule has 1 heterocycles. The van der Waals surface area contributed by atoms with Gasteiger partial charge in [-0.3, -0.25) is 19.3 Å². The van der Waals surface area contributed by atoms with Crippen molar-refractivity contribution in [2.75, 3.05) is 13.6 Å². The van der Waals surface area contributed by atoms with Crippen molar-refractivity contribution < 1.29 is 14.4 Å². The molecule has 5 atom stereocenters. The van der Waals surface area contributed by atoms with Crippen LogP contribution in [-0.2, 0) is 14.4 Å². The van der Waals surface area contributed by atoms with Gasteiger partial charge in [0.1, 0.15) is 6.54 Å². The molecule has 5 nitrogen and oxygen atoms in total. The van der Waals surface area contributed by atoms with Crippen molar-refractivity contribution in [3.05, 3.63) is 12.2 Å². The molecule has 2 aliphatic carbocycles. The van der Waals surface area contributed by atoms with Crippen LogP contribution >= 0.6 is 0 Å². The van der Waals surface area contributed by atoms with E-state index < -0.39 is 0 Å². The molecule has 0 radical (unpaired) electrons. The van der Waals surface area contributed by atoms with E-state index in [0.717, 1.165) is 6.42 Å². The average Bonchev–Trinajstić information content (AvgIpc) is 3.14. The zero-order chi connectivity index (χ0) is 17.1. The molecule has 1 aliphatic heterocycles. The summed E-state index contributed by atoms with van der Waals surface area (Å²) in [6.07, 6.45) is 5.04. The maximum atomic E-state index is 12.6. The summed E-state index contributed by atoms with van der Waals surface area (Å²) in [5, 5.41) is 0. The molecule has 1 saturated heterocycles. The number of likely N-dealkylation sites (N-methyl/N-ethyl adjacent to an activating group) is 1. The maximum Gasteiger partial charge on any atom is 0.242 e.